The molecule has 2 aliphatic heterocycles. The molecule has 2 saturated heterocycles. The number of rotatable bonds is 5. The second-order valence-electron chi connectivity index (χ2n) is 7.26. The van der Waals surface area contributed by atoms with Crippen molar-refractivity contribution >= 4 is 5.78 Å². The lowest BCUT2D eigenvalue weighted by Crippen LogP contribution is -2.57. The Labute approximate surface area is 154 Å². The molecule has 2 aromatic carbocycles. The van der Waals surface area contributed by atoms with Crippen molar-refractivity contribution in [2.45, 2.75) is 31.5 Å². The molecular weight excluding hydrogens is 326 g/mol. The first-order chi connectivity index (χ1) is 12.7. The van der Waals surface area contributed by atoms with Crippen molar-refractivity contribution in [3.8, 4) is 5.75 Å². The highest BCUT2D eigenvalue weighted by molar-refractivity contribution is 5.98. The van der Waals surface area contributed by atoms with Crippen LogP contribution in [0.4, 0.5) is 0 Å². The van der Waals surface area contributed by atoms with E-state index in [1.165, 1.54) is 5.56 Å². The van der Waals surface area contributed by atoms with Crippen molar-refractivity contribution in [3.05, 3.63) is 65.7 Å². The van der Waals surface area contributed by atoms with Crippen molar-refractivity contribution in [1.82, 2.24) is 4.90 Å². The number of fused-ring (bicyclic) bond motifs is 2. The predicted molar refractivity (Wildman–Crippen MR) is 100 cm³/mol. The summed E-state index contributed by atoms with van der Waals surface area (Å²) in [6.45, 7) is 2.37. The Morgan fingerprint density at radius 2 is 1.69 bits per heavy atom. The molecule has 2 bridgehead atoms. The van der Waals surface area contributed by atoms with Crippen LogP contribution in [0, 0.1) is 5.92 Å². The topological polar surface area (TPSA) is 38.8 Å². The van der Waals surface area contributed by atoms with Crippen LogP contribution < -0.4 is 4.74 Å². The third-order valence-corrected chi connectivity index (χ3v) is 5.62. The van der Waals surface area contributed by atoms with Gasteiger partial charge in [-0.2, -0.15) is 0 Å². The molecule has 2 atom stereocenters. The largest absolute Gasteiger partial charge is 0.497 e. The minimum atomic E-state index is 0.0781. The van der Waals surface area contributed by atoms with Gasteiger partial charge < -0.3 is 9.47 Å². The minimum absolute atomic E-state index is 0.0781. The Kier molecular flexibility index (Phi) is 5.05. The molecule has 2 aromatic rings. The highest BCUT2D eigenvalue weighted by Gasteiger charge is 2.41. The molecule has 0 saturated carbocycles. The van der Waals surface area contributed by atoms with E-state index in [-0.39, 0.29) is 11.7 Å². The second-order valence-corrected chi connectivity index (χ2v) is 7.26. The van der Waals surface area contributed by atoms with Gasteiger partial charge in [0.05, 0.1) is 20.3 Å². The van der Waals surface area contributed by atoms with Gasteiger partial charge in [0, 0.05) is 30.1 Å². The fourth-order valence-electron chi connectivity index (χ4n) is 4.25. The number of ether oxygens (including phenoxy) is 2. The van der Waals surface area contributed by atoms with Gasteiger partial charge in [0.1, 0.15) is 5.75 Å². The van der Waals surface area contributed by atoms with E-state index in [1.54, 1.807) is 7.11 Å². The number of carbonyl (C=O) groups is 1. The molecular formula is C22H25NO3. The number of morpholine rings is 1. The van der Waals surface area contributed by atoms with Crippen molar-refractivity contribution in [3.63, 3.8) is 0 Å². The number of hydrogen-bond donors (Lipinski definition) is 0. The molecule has 2 fully saturated rings. The monoisotopic (exact) mass is 351 g/mol. The van der Waals surface area contributed by atoms with Crippen LogP contribution in [0.1, 0.15) is 28.8 Å². The van der Waals surface area contributed by atoms with E-state index in [0.29, 0.717) is 12.1 Å². The van der Waals surface area contributed by atoms with Crippen LogP contribution >= 0.6 is 0 Å². The van der Waals surface area contributed by atoms with Crippen LogP contribution in [0.3, 0.4) is 0 Å². The summed E-state index contributed by atoms with van der Waals surface area (Å²) in [5.41, 5.74) is 2.11. The van der Waals surface area contributed by atoms with Gasteiger partial charge in [0.2, 0.25) is 0 Å². The van der Waals surface area contributed by atoms with Gasteiger partial charge in [-0.25, -0.2) is 0 Å². The number of carbonyl (C=O) groups excluding carboxylic acids is 1. The van der Waals surface area contributed by atoms with Crippen LogP contribution in [0.2, 0.25) is 0 Å². The van der Waals surface area contributed by atoms with Crippen molar-refractivity contribution in [1.29, 1.82) is 0 Å². The molecule has 4 rings (SSSR count). The van der Waals surface area contributed by atoms with Crippen LogP contribution in [0.5, 0.6) is 5.75 Å². The fraction of sp³-hybridized carbons (Fsp3) is 0.409. The predicted octanol–water partition coefficient (Wildman–Crippen LogP) is 3.56. The first-order valence-corrected chi connectivity index (χ1v) is 9.30. The number of hydrogen-bond acceptors (Lipinski definition) is 4. The highest BCUT2D eigenvalue weighted by Crippen LogP contribution is 2.34. The lowest BCUT2D eigenvalue weighted by Gasteiger charge is -2.48. The Bertz CT molecular complexity index is 730. The number of benzene rings is 2. The standard InChI is InChI=1S/C22H25NO3/c1-25-21-9-7-17(8-10-21)22(24)18-11-19-14-26-15-20(12-18)23(19)13-16-5-3-2-4-6-16/h2-10,18-20H,11-15H2,1H3. The highest BCUT2D eigenvalue weighted by atomic mass is 16.5. The van der Waals surface area contributed by atoms with Gasteiger partial charge in [-0.3, -0.25) is 9.69 Å². The summed E-state index contributed by atoms with van der Waals surface area (Å²) in [6, 6.07) is 18.7. The third-order valence-electron chi connectivity index (χ3n) is 5.62. The van der Waals surface area contributed by atoms with E-state index >= 15 is 0 Å². The summed E-state index contributed by atoms with van der Waals surface area (Å²) < 4.78 is 11.0. The van der Waals surface area contributed by atoms with E-state index in [1.807, 2.05) is 30.3 Å². The summed E-state index contributed by atoms with van der Waals surface area (Å²) >= 11 is 0. The van der Waals surface area contributed by atoms with Gasteiger partial charge in [0.15, 0.2) is 5.78 Å². The first kappa shape index (κ1) is 17.3. The van der Waals surface area contributed by atoms with Crippen molar-refractivity contribution < 1.29 is 14.3 Å². The zero-order valence-electron chi connectivity index (χ0n) is 15.1. The minimum Gasteiger partial charge on any atom is -0.497 e. The Morgan fingerprint density at radius 1 is 1.04 bits per heavy atom. The maximum Gasteiger partial charge on any atom is 0.166 e. The molecule has 4 heteroatoms. The summed E-state index contributed by atoms with van der Waals surface area (Å²) in [4.78, 5) is 15.5. The Balaban J connectivity index is 1.47. The van der Waals surface area contributed by atoms with Gasteiger partial charge >= 0.3 is 0 Å². The molecule has 136 valence electrons. The van der Waals surface area contributed by atoms with Gasteiger partial charge in [-0.1, -0.05) is 30.3 Å². The van der Waals surface area contributed by atoms with Crippen LogP contribution in [-0.2, 0) is 11.3 Å². The molecule has 4 nitrogen and oxygen atoms in total. The summed E-state index contributed by atoms with van der Waals surface area (Å²) in [6.07, 6.45) is 1.74. The third kappa shape index (κ3) is 3.53. The number of piperidine rings is 1. The molecule has 0 spiro atoms. The van der Waals surface area contributed by atoms with Crippen LogP contribution in [0.25, 0.3) is 0 Å². The second kappa shape index (κ2) is 7.60. The maximum atomic E-state index is 13.0. The molecule has 2 aliphatic rings. The molecule has 0 N–H and O–H groups in total. The number of nitrogens with zero attached hydrogens (tertiary/aromatic N) is 1. The summed E-state index contributed by atoms with van der Waals surface area (Å²) in [5.74, 6) is 1.11. The number of methoxy groups -OCH3 is 1. The molecule has 2 unspecified atom stereocenters. The van der Waals surface area contributed by atoms with E-state index in [0.717, 1.165) is 43.9 Å². The zero-order valence-corrected chi connectivity index (χ0v) is 15.1. The van der Waals surface area contributed by atoms with Gasteiger partial charge in [-0.05, 0) is 42.7 Å². The molecule has 0 amide bonds. The smallest absolute Gasteiger partial charge is 0.166 e. The zero-order chi connectivity index (χ0) is 17.9. The van der Waals surface area contributed by atoms with E-state index < -0.39 is 0 Å². The van der Waals surface area contributed by atoms with Crippen LogP contribution in [0.15, 0.2) is 54.6 Å². The molecule has 2 heterocycles. The SMILES string of the molecule is COc1ccc(C(=O)C2CC3COCC(C2)N3Cc2ccccc2)cc1. The fourth-order valence-corrected chi connectivity index (χ4v) is 4.25. The van der Waals surface area contributed by atoms with Crippen molar-refractivity contribution in [2.75, 3.05) is 20.3 Å². The normalized spacial score (nSPS) is 25.7. The molecule has 0 aromatic heterocycles. The van der Waals surface area contributed by atoms with Crippen molar-refractivity contribution in [2.24, 2.45) is 5.92 Å². The first-order valence-electron chi connectivity index (χ1n) is 9.30. The number of ketones is 1. The van der Waals surface area contributed by atoms with E-state index in [9.17, 15) is 4.79 Å². The Morgan fingerprint density at radius 3 is 2.31 bits per heavy atom. The number of Topliss-reactive ketones (excluding diaryl/α,β-unsaturated/α-hetero) is 1. The summed E-state index contributed by atoms with van der Waals surface area (Å²) in [5, 5.41) is 0. The van der Waals surface area contributed by atoms with E-state index in [4.69, 9.17) is 9.47 Å². The Hall–Kier alpha value is -2.17. The molecule has 0 radical (unpaired) electrons. The summed E-state index contributed by atoms with van der Waals surface area (Å²) in [7, 11) is 1.64. The maximum absolute atomic E-state index is 13.0. The average molecular weight is 351 g/mol. The quantitative estimate of drug-likeness (QED) is 0.772. The van der Waals surface area contributed by atoms with Gasteiger partial charge in [-0.15, -0.1) is 0 Å². The van der Waals surface area contributed by atoms with Gasteiger partial charge in [0.25, 0.3) is 0 Å². The lowest BCUT2D eigenvalue weighted by molar-refractivity contribution is -0.0872. The average Bonchev–Trinajstić information content (AvgIpc) is 2.68. The molecule has 26 heavy (non-hydrogen) atoms. The lowest BCUT2D eigenvalue weighted by atomic mass is 9.80. The van der Waals surface area contributed by atoms with Crippen LogP contribution in [-0.4, -0.2) is 43.1 Å². The molecule has 0 aliphatic carbocycles. The van der Waals surface area contributed by atoms with E-state index in [2.05, 4.69) is 29.2 Å².